The molecule has 2 amide bonds. The summed E-state index contributed by atoms with van der Waals surface area (Å²) < 4.78 is 5.54. The Morgan fingerprint density at radius 1 is 1.27 bits per heavy atom. The van der Waals surface area contributed by atoms with Gasteiger partial charge >= 0.3 is 0 Å². The molecule has 6 heteroatoms. The molecule has 0 aliphatic carbocycles. The van der Waals surface area contributed by atoms with Gasteiger partial charge in [0.15, 0.2) is 0 Å². The molecule has 1 aromatic rings. The lowest BCUT2D eigenvalue weighted by molar-refractivity contribution is -0.132. The minimum atomic E-state index is -0.467. The summed E-state index contributed by atoms with van der Waals surface area (Å²) >= 11 is 0. The summed E-state index contributed by atoms with van der Waals surface area (Å²) in [6.45, 7) is 2.25. The second-order valence-corrected chi connectivity index (χ2v) is 5.47. The molecular formula is C16H23N3O3. The zero-order valence-electron chi connectivity index (χ0n) is 12.9. The summed E-state index contributed by atoms with van der Waals surface area (Å²) in [5.74, 6) is 0.258. The molecule has 1 saturated heterocycles. The molecule has 0 aromatic heterocycles. The highest BCUT2D eigenvalue weighted by Crippen LogP contribution is 2.14. The van der Waals surface area contributed by atoms with Crippen LogP contribution in [0.15, 0.2) is 24.3 Å². The Labute approximate surface area is 130 Å². The van der Waals surface area contributed by atoms with Crippen LogP contribution in [0.3, 0.4) is 0 Å². The van der Waals surface area contributed by atoms with E-state index in [0.29, 0.717) is 30.4 Å². The van der Waals surface area contributed by atoms with Crippen LogP contribution in [0.4, 0.5) is 0 Å². The van der Waals surface area contributed by atoms with E-state index >= 15 is 0 Å². The molecule has 2 rings (SSSR count). The van der Waals surface area contributed by atoms with Gasteiger partial charge in [-0.15, -0.1) is 0 Å². The lowest BCUT2D eigenvalue weighted by Crippen LogP contribution is -2.44. The number of nitrogens with two attached hydrogens (primary N) is 1. The van der Waals surface area contributed by atoms with E-state index in [2.05, 4.69) is 5.32 Å². The predicted octanol–water partition coefficient (Wildman–Crippen LogP) is 0.765. The van der Waals surface area contributed by atoms with Gasteiger partial charge in [0.1, 0.15) is 5.75 Å². The third-order valence-corrected chi connectivity index (χ3v) is 3.97. The Balaban J connectivity index is 1.75. The summed E-state index contributed by atoms with van der Waals surface area (Å²) in [7, 11) is 1.86. The summed E-state index contributed by atoms with van der Waals surface area (Å²) in [5, 5.41) is 3.29. The normalized spacial score (nSPS) is 15.3. The molecule has 0 saturated carbocycles. The fraction of sp³-hybridized carbons (Fsp3) is 0.500. The molecular weight excluding hydrogens is 282 g/mol. The number of carbonyl (C=O) groups is 2. The van der Waals surface area contributed by atoms with Gasteiger partial charge in [-0.3, -0.25) is 9.59 Å². The average molecular weight is 305 g/mol. The van der Waals surface area contributed by atoms with Crippen LogP contribution in [-0.2, 0) is 4.79 Å². The van der Waals surface area contributed by atoms with Crippen molar-refractivity contribution in [3.8, 4) is 5.75 Å². The Kier molecular flexibility index (Phi) is 5.77. The van der Waals surface area contributed by atoms with Crippen LogP contribution in [0, 0.1) is 0 Å². The zero-order valence-corrected chi connectivity index (χ0v) is 12.9. The first-order chi connectivity index (χ1) is 10.6. The van der Waals surface area contributed by atoms with Gasteiger partial charge in [-0.1, -0.05) is 0 Å². The fourth-order valence-corrected chi connectivity index (χ4v) is 2.55. The number of nitrogens with one attached hydrogen (secondary N) is 1. The molecule has 1 aliphatic heterocycles. The van der Waals surface area contributed by atoms with Crippen LogP contribution in [0.5, 0.6) is 5.75 Å². The Morgan fingerprint density at radius 2 is 1.91 bits per heavy atom. The maximum Gasteiger partial charge on any atom is 0.248 e. The molecule has 0 radical (unpaired) electrons. The second-order valence-electron chi connectivity index (χ2n) is 5.47. The number of rotatable bonds is 6. The monoisotopic (exact) mass is 305 g/mol. The van der Waals surface area contributed by atoms with Crippen molar-refractivity contribution in [2.75, 3.05) is 26.7 Å². The number of amides is 2. The second kappa shape index (κ2) is 7.79. The minimum absolute atomic E-state index is 0.0978. The van der Waals surface area contributed by atoms with E-state index in [9.17, 15) is 9.59 Å². The van der Waals surface area contributed by atoms with E-state index in [4.69, 9.17) is 10.5 Å². The molecule has 22 heavy (non-hydrogen) atoms. The van der Waals surface area contributed by atoms with Gasteiger partial charge in [-0.25, -0.2) is 0 Å². The molecule has 3 N–H and O–H groups in total. The lowest BCUT2D eigenvalue weighted by atomic mass is 10.1. The molecule has 6 nitrogen and oxygen atoms in total. The van der Waals surface area contributed by atoms with Crippen LogP contribution in [0.25, 0.3) is 0 Å². The quantitative estimate of drug-likeness (QED) is 0.813. The predicted molar refractivity (Wildman–Crippen MR) is 83.7 cm³/mol. The molecule has 0 atom stereocenters. The van der Waals surface area contributed by atoms with Crippen molar-refractivity contribution in [3.63, 3.8) is 0 Å². The Hall–Kier alpha value is -2.08. The number of ether oxygens (including phenoxy) is 1. The van der Waals surface area contributed by atoms with E-state index in [1.807, 2.05) is 11.9 Å². The number of benzene rings is 1. The van der Waals surface area contributed by atoms with Crippen molar-refractivity contribution in [1.29, 1.82) is 0 Å². The molecule has 1 heterocycles. The van der Waals surface area contributed by atoms with Crippen LogP contribution < -0.4 is 15.8 Å². The fourth-order valence-electron chi connectivity index (χ4n) is 2.55. The molecule has 1 aromatic carbocycles. The SMILES string of the molecule is CN(C(=O)CCOc1ccc(C(N)=O)cc1)C1CCNCC1. The van der Waals surface area contributed by atoms with E-state index in [1.54, 1.807) is 24.3 Å². The zero-order chi connectivity index (χ0) is 15.9. The van der Waals surface area contributed by atoms with Gasteiger partial charge in [0.25, 0.3) is 0 Å². The smallest absolute Gasteiger partial charge is 0.248 e. The highest BCUT2D eigenvalue weighted by Gasteiger charge is 2.21. The van der Waals surface area contributed by atoms with Gasteiger partial charge in [0.05, 0.1) is 13.0 Å². The van der Waals surface area contributed by atoms with Crippen LogP contribution >= 0.6 is 0 Å². The first-order valence-electron chi connectivity index (χ1n) is 7.57. The van der Waals surface area contributed by atoms with Gasteiger partial charge < -0.3 is 20.7 Å². The Bertz CT molecular complexity index is 510. The minimum Gasteiger partial charge on any atom is -0.493 e. The number of piperidine rings is 1. The van der Waals surface area contributed by atoms with Gasteiger partial charge in [-0.2, -0.15) is 0 Å². The van der Waals surface area contributed by atoms with Crippen LogP contribution in [-0.4, -0.2) is 49.5 Å². The standard InChI is InChI=1S/C16H23N3O3/c1-19(13-6-9-18-10-7-13)15(20)8-11-22-14-4-2-12(3-5-14)16(17)21/h2-5,13,18H,6-11H2,1H3,(H2,17,21). The topological polar surface area (TPSA) is 84.7 Å². The molecule has 1 aliphatic rings. The number of primary amides is 1. The van der Waals surface area contributed by atoms with E-state index < -0.39 is 5.91 Å². The Morgan fingerprint density at radius 3 is 2.50 bits per heavy atom. The largest absolute Gasteiger partial charge is 0.493 e. The van der Waals surface area contributed by atoms with Gasteiger partial charge in [0.2, 0.25) is 11.8 Å². The third kappa shape index (κ3) is 4.46. The highest BCUT2D eigenvalue weighted by atomic mass is 16.5. The van der Waals surface area contributed by atoms with E-state index in [0.717, 1.165) is 25.9 Å². The van der Waals surface area contributed by atoms with E-state index in [-0.39, 0.29) is 5.91 Å². The summed E-state index contributed by atoms with van der Waals surface area (Å²) in [6, 6.07) is 6.91. The molecule has 120 valence electrons. The summed E-state index contributed by atoms with van der Waals surface area (Å²) in [6.07, 6.45) is 2.34. The van der Waals surface area contributed by atoms with Crippen LogP contribution in [0.2, 0.25) is 0 Å². The van der Waals surface area contributed by atoms with Gasteiger partial charge in [0, 0.05) is 18.7 Å². The van der Waals surface area contributed by atoms with Crippen molar-refractivity contribution in [1.82, 2.24) is 10.2 Å². The number of hydrogen-bond donors (Lipinski definition) is 2. The molecule has 0 spiro atoms. The first-order valence-corrected chi connectivity index (χ1v) is 7.57. The molecule has 0 unspecified atom stereocenters. The van der Waals surface area contributed by atoms with Crippen molar-refractivity contribution >= 4 is 11.8 Å². The maximum absolute atomic E-state index is 12.1. The molecule has 1 fully saturated rings. The number of carbonyl (C=O) groups excluding carboxylic acids is 2. The number of hydrogen-bond acceptors (Lipinski definition) is 4. The maximum atomic E-state index is 12.1. The molecule has 0 bridgehead atoms. The first kappa shape index (κ1) is 16.3. The van der Waals surface area contributed by atoms with Crippen molar-refractivity contribution in [2.24, 2.45) is 5.73 Å². The van der Waals surface area contributed by atoms with Crippen LogP contribution in [0.1, 0.15) is 29.6 Å². The summed E-state index contributed by atoms with van der Waals surface area (Å²) in [4.78, 5) is 24.9. The summed E-state index contributed by atoms with van der Waals surface area (Å²) in [5.41, 5.74) is 5.61. The van der Waals surface area contributed by atoms with E-state index in [1.165, 1.54) is 0 Å². The average Bonchev–Trinajstić information content (AvgIpc) is 2.55. The highest BCUT2D eigenvalue weighted by molar-refractivity contribution is 5.92. The van der Waals surface area contributed by atoms with Gasteiger partial charge in [-0.05, 0) is 50.2 Å². The van der Waals surface area contributed by atoms with Crippen molar-refractivity contribution in [3.05, 3.63) is 29.8 Å². The van der Waals surface area contributed by atoms with Crippen molar-refractivity contribution < 1.29 is 14.3 Å². The number of nitrogens with zero attached hydrogens (tertiary/aromatic N) is 1. The lowest BCUT2D eigenvalue weighted by Gasteiger charge is -2.31. The third-order valence-electron chi connectivity index (χ3n) is 3.97. The van der Waals surface area contributed by atoms with Crippen molar-refractivity contribution in [2.45, 2.75) is 25.3 Å².